The molecule has 0 aliphatic heterocycles. The van der Waals surface area contributed by atoms with E-state index in [1.165, 1.54) is 10.6 Å². The van der Waals surface area contributed by atoms with Crippen molar-refractivity contribution >= 4 is 27.3 Å². The molecule has 0 saturated carbocycles. The lowest BCUT2D eigenvalue weighted by Gasteiger charge is -2.06. The fourth-order valence-electron chi connectivity index (χ4n) is 1.53. The molecule has 90 valence electrons. The van der Waals surface area contributed by atoms with E-state index in [0.29, 0.717) is 0 Å². The number of hydrogen-bond acceptors (Lipinski definition) is 3. The van der Waals surface area contributed by atoms with Gasteiger partial charge in [-0.2, -0.15) is 0 Å². The fourth-order valence-corrected chi connectivity index (χ4v) is 2.72. The first kappa shape index (κ1) is 12.7. The predicted molar refractivity (Wildman–Crippen MR) is 77.5 cm³/mol. The molecule has 0 aliphatic carbocycles. The highest BCUT2D eigenvalue weighted by Gasteiger charge is 2.05. The molecule has 1 aromatic heterocycles. The molecule has 0 amide bonds. The number of likely N-dealkylation sites (N-methyl/N-ethyl adjacent to an activating group) is 1. The second-order valence-corrected chi connectivity index (χ2v) is 6.05. The summed E-state index contributed by atoms with van der Waals surface area (Å²) in [6, 6.07) is 8.27. The smallest absolute Gasteiger partial charge is 0.0945 e. The third kappa shape index (κ3) is 3.63. The Bertz CT molecular complexity index is 494. The van der Waals surface area contributed by atoms with Gasteiger partial charge in [0.1, 0.15) is 0 Å². The van der Waals surface area contributed by atoms with Crippen molar-refractivity contribution in [1.29, 1.82) is 0 Å². The van der Waals surface area contributed by atoms with E-state index in [4.69, 9.17) is 0 Å². The fraction of sp³-hybridized carbons (Fsp3) is 0.308. The first-order valence-electron chi connectivity index (χ1n) is 5.50. The highest BCUT2D eigenvalue weighted by molar-refractivity contribution is 9.10. The average molecular weight is 311 g/mol. The summed E-state index contributed by atoms with van der Waals surface area (Å²) in [5.41, 5.74) is 2.25. The van der Waals surface area contributed by atoms with Gasteiger partial charge in [0.25, 0.3) is 0 Å². The summed E-state index contributed by atoms with van der Waals surface area (Å²) in [5, 5.41) is 3.33. The number of thiazole rings is 1. The Labute approximate surface area is 114 Å². The summed E-state index contributed by atoms with van der Waals surface area (Å²) in [7, 11) is 4.17. The molecule has 4 heteroatoms. The Hall–Kier alpha value is -0.710. The summed E-state index contributed by atoms with van der Waals surface area (Å²) < 4.78 is 1.10. The van der Waals surface area contributed by atoms with Gasteiger partial charge in [0.15, 0.2) is 0 Å². The highest BCUT2D eigenvalue weighted by atomic mass is 79.9. The maximum absolute atomic E-state index is 4.66. The molecule has 0 N–H and O–H groups in total. The van der Waals surface area contributed by atoms with Crippen molar-refractivity contribution in [3.8, 4) is 11.3 Å². The lowest BCUT2D eigenvalue weighted by atomic mass is 10.2. The molecule has 1 aromatic carbocycles. The van der Waals surface area contributed by atoms with Crippen LogP contribution in [0.2, 0.25) is 0 Å². The number of benzene rings is 1. The third-order valence-corrected chi connectivity index (χ3v) is 3.85. The van der Waals surface area contributed by atoms with E-state index in [0.717, 1.165) is 23.1 Å². The summed E-state index contributed by atoms with van der Waals surface area (Å²) in [5.74, 6) is 0. The summed E-state index contributed by atoms with van der Waals surface area (Å²) in [6.45, 7) is 1.05. The van der Waals surface area contributed by atoms with Crippen LogP contribution in [0.25, 0.3) is 11.3 Å². The second-order valence-electron chi connectivity index (χ2n) is 4.19. The van der Waals surface area contributed by atoms with Crippen LogP contribution in [-0.4, -0.2) is 30.5 Å². The Kier molecular flexibility index (Phi) is 4.31. The molecular formula is C13H15BrN2S. The SMILES string of the molecule is CN(C)CCc1nc(-c2cccc(Br)c2)cs1. The lowest BCUT2D eigenvalue weighted by Crippen LogP contribution is -2.14. The largest absolute Gasteiger partial charge is 0.309 e. The highest BCUT2D eigenvalue weighted by Crippen LogP contribution is 2.24. The van der Waals surface area contributed by atoms with Gasteiger partial charge in [-0.3, -0.25) is 0 Å². The van der Waals surface area contributed by atoms with Gasteiger partial charge >= 0.3 is 0 Å². The minimum atomic E-state index is 1.02. The van der Waals surface area contributed by atoms with Gasteiger partial charge in [-0.25, -0.2) is 4.98 Å². The first-order valence-corrected chi connectivity index (χ1v) is 7.17. The molecule has 2 aromatic rings. The van der Waals surface area contributed by atoms with Gasteiger partial charge in [0, 0.05) is 28.4 Å². The number of halogens is 1. The molecule has 0 unspecified atom stereocenters. The van der Waals surface area contributed by atoms with E-state index >= 15 is 0 Å². The third-order valence-electron chi connectivity index (χ3n) is 2.45. The first-order chi connectivity index (χ1) is 8.15. The molecule has 0 atom stereocenters. The van der Waals surface area contributed by atoms with Crippen LogP contribution < -0.4 is 0 Å². The van der Waals surface area contributed by atoms with Crippen molar-refractivity contribution in [2.45, 2.75) is 6.42 Å². The monoisotopic (exact) mass is 310 g/mol. The summed E-state index contributed by atoms with van der Waals surface area (Å²) >= 11 is 5.22. The van der Waals surface area contributed by atoms with Crippen molar-refractivity contribution in [3.63, 3.8) is 0 Å². The zero-order valence-corrected chi connectivity index (χ0v) is 12.4. The van der Waals surface area contributed by atoms with Crippen LogP contribution >= 0.6 is 27.3 Å². The summed E-state index contributed by atoms with van der Waals surface area (Å²) in [6.07, 6.45) is 1.02. The quantitative estimate of drug-likeness (QED) is 0.856. The van der Waals surface area contributed by atoms with Crippen LogP contribution in [0.3, 0.4) is 0 Å². The zero-order valence-electron chi connectivity index (χ0n) is 9.98. The Morgan fingerprint density at radius 2 is 2.18 bits per heavy atom. The number of aromatic nitrogens is 1. The minimum Gasteiger partial charge on any atom is -0.309 e. The van der Waals surface area contributed by atoms with Crippen LogP contribution in [0.1, 0.15) is 5.01 Å². The molecule has 2 nitrogen and oxygen atoms in total. The zero-order chi connectivity index (χ0) is 12.3. The Balaban J connectivity index is 2.12. The van der Waals surface area contributed by atoms with Crippen LogP contribution in [0.15, 0.2) is 34.1 Å². The van der Waals surface area contributed by atoms with Gasteiger partial charge < -0.3 is 4.90 Å². The number of rotatable bonds is 4. The maximum atomic E-state index is 4.66. The van der Waals surface area contributed by atoms with Crippen LogP contribution in [0, 0.1) is 0 Å². The average Bonchev–Trinajstić information content (AvgIpc) is 2.75. The van der Waals surface area contributed by atoms with Crippen molar-refractivity contribution < 1.29 is 0 Å². The summed E-state index contributed by atoms with van der Waals surface area (Å²) in [4.78, 5) is 6.85. The van der Waals surface area contributed by atoms with Crippen molar-refractivity contribution in [1.82, 2.24) is 9.88 Å². The van der Waals surface area contributed by atoms with E-state index in [2.05, 4.69) is 57.4 Å². The normalized spacial score (nSPS) is 11.1. The minimum absolute atomic E-state index is 1.02. The Morgan fingerprint density at radius 1 is 1.35 bits per heavy atom. The van der Waals surface area contributed by atoms with Crippen molar-refractivity contribution in [3.05, 3.63) is 39.1 Å². The standard InChI is InChI=1S/C13H15BrN2S/c1-16(2)7-6-13-15-12(9-17-13)10-4-3-5-11(14)8-10/h3-5,8-9H,6-7H2,1-2H3. The van der Waals surface area contributed by atoms with Gasteiger partial charge in [0.05, 0.1) is 10.7 Å². The molecule has 17 heavy (non-hydrogen) atoms. The molecule has 2 rings (SSSR count). The maximum Gasteiger partial charge on any atom is 0.0945 e. The van der Waals surface area contributed by atoms with Gasteiger partial charge in [-0.1, -0.05) is 28.1 Å². The molecule has 0 bridgehead atoms. The topological polar surface area (TPSA) is 16.1 Å². The predicted octanol–water partition coefficient (Wildman–Crippen LogP) is 3.68. The van der Waals surface area contributed by atoms with E-state index in [1.807, 2.05) is 12.1 Å². The van der Waals surface area contributed by atoms with Crippen molar-refractivity contribution in [2.75, 3.05) is 20.6 Å². The molecule has 0 spiro atoms. The van der Waals surface area contributed by atoms with Crippen LogP contribution in [0.4, 0.5) is 0 Å². The van der Waals surface area contributed by atoms with Gasteiger partial charge in [0.2, 0.25) is 0 Å². The molecule has 0 saturated heterocycles. The van der Waals surface area contributed by atoms with E-state index in [9.17, 15) is 0 Å². The molecule has 0 aliphatic rings. The molecule has 1 heterocycles. The van der Waals surface area contributed by atoms with Gasteiger partial charge in [-0.15, -0.1) is 11.3 Å². The molecule has 0 fully saturated rings. The number of hydrogen-bond donors (Lipinski definition) is 0. The van der Waals surface area contributed by atoms with E-state index < -0.39 is 0 Å². The molecular weight excluding hydrogens is 296 g/mol. The van der Waals surface area contributed by atoms with E-state index in [-0.39, 0.29) is 0 Å². The van der Waals surface area contributed by atoms with Gasteiger partial charge in [-0.05, 0) is 26.2 Å². The molecule has 0 radical (unpaired) electrons. The lowest BCUT2D eigenvalue weighted by molar-refractivity contribution is 0.413. The van der Waals surface area contributed by atoms with Crippen LogP contribution in [-0.2, 0) is 6.42 Å². The second kappa shape index (κ2) is 5.76. The Morgan fingerprint density at radius 3 is 2.88 bits per heavy atom. The van der Waals surface area contributed by atoms with Crippen LogP contribution in [0.5, 0.6) is 0 Å². The number of nitrogens with zero attached hydrogens (tertiary/aromatic N) is 2. The van der Waals surface area contributed by atoms with E-state index in [1.54, 1.807) is 11.3 Å². The van der Waals surface area contributed by atoms with Crippen molar-refractivity contribution in [2.24, 2.45) is 0 Å².